The molecule has 0 radical (unpaired) electrons. The third-order valence-corrected chi connectivity index (χ3v) is 7.95. The number of carbonyl (C=O) groups is 1. The molecule has 2 aromatic heterocycles. The third-order valence-electron chi connectivity index (χ3n) is 7.95. The number of methoxy groups -OCH3 is 1. The fraction of sp³-hybridized carbons (Fsp3) is 0.400. The van der Waals surface area contributed by atoms with Crippen LogP contribution in [-0.4, -0.2) is 71.0 Å². The molecule has 0 bridgehead atoms. The molecule has 4 heterocycles. The van der Waals surface area contributed by atoms with Crippen LogP contribution < -0.4 is 10.1 Å². The van der Waals surface area contributed by atoms with Crippen molar-refractivity contribution in [2.45, 2.75) is 59.1 Å². The molecule has 3 aromatic rings. The molecule has 2 aliphatic rings. The number of amides is 1. The highest BCUT2D eigenvalue weighted by Gasteiger charge is 2.33. The molecule has 0 saturated carbocycles. The summed E-state index contributed by atoms with van der Waals surface area (Å²) in [5.74, 6) is -1.03. The Balaban J connectivity index is 1.65. The minimum Gasteiger partial charge on any atom is -0.467 e. The topological polar surface area (TPSA) is 89.1 Å². The Morgan fingerprint density at radius 3 is 2.63 bits per heavy atom. The van der Waals surface area contributed by atoms with Gasteiger partial charge in [0.25, 0.3) is 0 Å². The molecule has 46 heavy (non-hydrogen) atoms. The summed E-state index contributed by atoms with van der Waals surface area (Å²) in [4.78, 5) is 26.2. The van der Waals surface area contributed by atoms with E-state index in [2.05, 4.69) is 15.2 Å². The first-order valence-corrected chi connectivity index (χ1v) is 15.3. The van der Waals surface area contributed by atoms with Crippen molar-refractivity contribution in [1.29, 1.82) is 0 Å². The van der Waals surface area contributed by atoms with Crippen molar-refractivity contribution in [3.05, 3.63) is 82.8 Å². The van der Waals surface area contributed by atoms with Gasteiger partial charge in [-0.1, -0.05) is 19.1 Å². The summed E-state index contributed by atoms with van der Waals surface area (Å²) in [6.45, 7) is 12.7. The van der Waals surface area contributed by atoms with Crippen molar-refractivity contribution in [2.24, 2.45) is 0 Å². The molecule has 2 aliphatic heterocycles. The molecule has 0 spiro atoms. The second kappa shape index (κ2) is 13.5. The highest BCUT2D eigenvalue weighted by Crippen LogP contribution is 2.39. The minimum atomic E-state index is -0.725. The zero-order valence-electron chi connectivity index (χ0n) is 27.4. The number of fused-ring (bicyclic) bond motifs is 2. The fourth-order valence-corrected chi connectivity index (χ4v) is 5.69. The number of aromatic nitrogens is 2. The van der Waals surface area contributed by atoms with Crippen LogP contribution in [0.5, 0.6) is 5.75 Å². The Hall–Kier alpha value is -4.51. The molecule has 1 aromatic carbocycles. The molecule has 11 heteroatoms. The Morgan fingerprint density at radius 1 is 1.13 bits per heavy atom. The average Bonchev–Trinajstić information content (AvgIpc) is 2.99. The molecule has 5 rings (SSSR count). The molecule has 9 nitrogen and oxygen atoms in total. The van der Waals surface area contributed by atoms with E-state index in [0.717, 1.165) is 16.8 Å². The van der Waals surface area contributed by atoms with E-state index in [1.54, 1.807) is 23.4 Å². The van der Waals surface area contributed by atoms with E-state index in [9.17, 15) is 4.79 Å². The Kier molecular flexibility index (Phi) is 9.62. The molecular weight excluding hydrogens is 592 g/mol. The Morgan fingerprint density at radius 2 is 1.91 bits per heavy atom. The number of anilines is 1. The lowest BCUT2D eigenvalue weighted by Gasteiger charge is -2.42. The van der Waals surface area contributed by atoms with Gasteiger partial charge in [-0.2, -0.15) is 0 Å². The lowest BCUT2D eigenvalue weighted by molar-refractivity contribution is 0.00702. The van der Waals surface area contributed by atoms with Gasteiger partial charge in [0.05, 0.1) is 11.3 Å². The van der Waals surface area contributed by atoms with Gasteiger partial charge in [0.2, 0.25) is 0 Å². The van der Waals surface area contributed by atoms with Crippen molar-refractivity contribution < 1.29 is 27.8 Å². The number of ether oxygens (including phenoxy) is 3. The largest absolute Gasteiger partial charge is 0.467 e. The summed E-state index contributed by atoms with van der Waals surface area (Å²) >= 11 is 0. The monoisotopic (exact) mass is 633 g/mol. The Bertz CT molecular complexity index is 1670. The van der Waals surface area contributed by atoms with Crippen LogP contribution in [0.4, 0.5) is 19.4 Å². The van der Waals surface area contributed by atoms with Gasteiger partial charge in [-0.15, -0.1) is 0 Å². The number of carbonyl (C=O) groups excluding carboxylic acids is 1. The number of hydrogen-bond donors (Lipinski definition) is 1. The van der Waals surface area contributed by atoms with E-state index in [1.807, 2.05) is 59.8 Å². The van der Waals surface area contributed by atoms with Gasteiger partial charge in [0.1, 0.15) is 28.7 Å². The normalized spacial score (nSPS) is 20.1. The van der Waals surface area contributed by atoms with Crippen LogP contribution in [0.15, 0.2) is 48.8 Å². The number of nitrogens with one attached hydrogen (secondary N) is 1. The number of aryl methyl sites for hydroxylation is 1. The zero-order chi connectivity index (χ0) is 33.2. The zero-order valence-corrected chi connectivity index (χ0v) is 27.4. The number of halogens is 2. The summed E-state index contributed by atoms with van der Waals surface area (Å²) in [7, 11) is 1.45. The van der Waals surface area contributed by atoms with Gasteiger partial charge < -0.3 is 29.3 Å². The summed E-state index contributed by atoms with van der Waals surface area (Å²) < 4.78 is 47.8. The molecule has 1 saturated heterocycles. The maximum atomic E-state index is 16.3. The molecule has 2 atom stereocenters. The molecule has 0 aliphatic carbocycles. The second-order valence-electron chi connectivity index (χ2n) is 12.6. The molecule has 1 fully saturated rings. The van der Waals surface area contributed by atoms with E-state index in [-0.39, 0.29) is 41.9 Å². The summed E-state index contributed by atoms with van der Waals surface area (Å²) in [5.41, 5.74) is 3.04. The summed E-state index contributed by atoms with van der Waals surface area (Å²) in [5, 5.41) is 3.24. The number of allylic oxidation sites excluding steroid dienone is 1. The maximum absolute atomic E-state index is 16.3. The van der Waals surface area contributed by atoms with Gasteiger partial charge in [0.15, 0.2) is 12.6 Å². The highest BCUT2D eigenvalue weighted by molar-refractivity contribution is 5.88. The molecular formula is C35H41F2N5O4. The maximum Gasteiger partial charge on any atom is 0.410 e. The van der Waals surface area contributed by atoms with E-state index < -0.39 is 17.2 Å². The number of nitrogens with zero attached hydrogens (tertiary/aromatic N) is 4. The average molecular weight is 634 g/mol. The van der Waals surface area contributed by atoms with Crippen LogP contribution >= 0.6 is 0 Å². The van der Waals surface area contributed by atoms with Crippen molar-refractivity contribution in [3.8, 4) is 17.0 Å². The Labute approximate surface area is 268 Å². The quantitative estimate of drug-likeness (QED) is 0.295. The number of benzene rings is 1. The van der Waals surface area contributed by atoms with Gasteiger partial charge in [-0.3, -0.25) is 4.98 Å². The highest BCUT2D eigenvalue weighted by atomic mass is 19.1. The van der Waals surface area contributed by atoms with E-state index >= 15 is 8.78 Å². The molecule has 244 valence electrons. The van der Waals surface area contributed by atoms with Crippen molar-refractivity contribution in [3.63, 3.8) is 0 Å². The van der Waals surface area contributed by atoms with Crippen LogP contribution in [0.25, 0.3) is 23.0 Å². The van der Waals surface area contributed by atoms with Gasteiger partial charge in [-0.25, -0.2) is 18.6 Å². The number of rotatable bonds is 5. The summed E-state index contributed by atoms with van der Waals surface area (Å²) in [6.07, 6.45) is 7.13. The molecule has 1 N–H and O–H groups in total. The minimum absolute atomic E-state index is 0.0649. The number of pyridine rings is 2. The van der Waals surface area contributed by atoms with E-state index in [0.29, 0.717) is 36.7 Å². The lowest BCUT2D eigenvalue weighted by Crippen LogP contribution is -2.54. The van der Waals surface area contributed by atoms with E-state index in [4.69, 9.17) is 19.2 Å². The first-order chi connectivity index (χ1) is 21.9. The predicted molar refractivity (Wildman–Crippen MR) is 174 cm³/mol. The van der Waals surface area contributed by atoms with Crippen LogP contribution in [-0.2, 0) is 9.47 Å². The van der Waals surface area contributed by atoms with Gasteiger partial charge >= 0.3 is 6.09 Å². The first-order valence-electron chi connectivity index (χ1n) is 15.3. The summed E-state index contributed by atoms with van der Waals surface area (Å²) in [6, 6.07) is 7.37. The lowest BCUT2D eigenvalue weighted by atomic mass is 9.95. The molecule has 2 unspecified atom stereocenters. The number of piperazine rings is 1. The van der Waals surface area contributed by atoms with Gasteiger partial charge in [0, 0.05) is 61.7 Å². The van der Waals surface area contributed by atoms with Gasteiger partial charge in [-0.05, 0) is 76.7 Å². The van der Waals surface area contributed by atoms with Crippen molar-refractivity contribution in [1.82, 2.24) is 19.8 Å². The fourth-order valence-electron chi connectivity index (χ4n) is 5.69. The van der Waals surface area contributed by atoms with E-state index in [1.165, 1.54) is 25.3 Å². The van der Waals surface area contributed by atoms with Crippen molar-refractivity contribution >= 4 is 23.7 Å². The van der Waals surface area contributed by atoms with Crippen molar-refractivity contribution in [2.75, 3.05) is 38.9 Å². The third kappa shape index (κ3) is 6.99. The smallest absolute Gasteiger partial charge is 0.410 e. The predicted octanol–water partition coefficient (Wildman–Crippen LogP) is 7.19. The van der Waals surface area contributed by atoms with Crippen LogP contribution in [0.2, 0.25) is 0 Å². The molecule has 1 amide bonds. The first kappa shape index (κ1) is 32.9. The van der Waals surface area contributed by atoms with Crippen LogP contribution in [0, 0.1) is 18.6 Å². The van der Waals surface area contributed by atoms with Crippen LogP contribution in [0.3, 0.4) is 0 Å². The standard InChI is InChI=1S/C35H41F2N5O4/c1-21-11-13-38-31-22(2)12-14-39-33-25(17-27(37)32(40-33)30-26(36)9-8-10-29(30)45-20-44-7)28(18-24(21)31)41-15-16-42(23(3)19-41)34(43)46-35(4,5)6/h8-14,17-18,22-23H,15-16,19-20H2,1-7H3,(H,39,40)/b14-12-,28-18+. The van der Waals surface area contributed by atoms with Crippen LogP contribution in [0.1, 0.15) is 62.9 Å². The number of hydrogen-bond acceptors (Lipinski definition) is 8. The SMILES string of the molecule is COCOc1cccc(F)c1-c1nc2c(cc1F)/C(N1CCN(C(=O)OC(C)(C)C)C(C)C1)=C\c1c(C)ccnc1C(C)/C=C\N2. The second-order valence-corrected chi connectivity index (χ2v) is 12.6.